The maximum Gasteiger partial charge on any atom is 0.0932 e. The quantitative estimate of drug-likeness (QED) is 0.804. The van der Waals surface area contributed by atoms with Crippen molar-refractivity contribution in [2.45, 2.75) is 19.3 Å². The van der Waals surface area contributed by atoms with Crippen molar-refractivity contribution >= 4 is 38.6 Å². The Labute approximate surface area is 118 Å². The smallest absolute Gasteiger partial charge is 0.0932 e. The number of nitrogens with one attached hydrogen (secondary N) is 1. The first-order chi connectivity index (χ1) is 8.29. The Hall–Kier alpha value is -0.230. The van der Waals surface area contributed by atoms with Crippen molar-refractivity contribution in [2.75, 3.05) is 13.6 Å². The minimum Gasteiger partial charge on any atom is -0.320 e. The number of nitrogens with zero attached hydrogens (tertiary/aromatic N) is 1. The standard InChI is InChI=1S/C12H15BrN2S2/c1-14-7-3-2-4-12-15-9(8-16-12)10-5-6-11(13)17-10/h5-6,8,14H,2-4,7H2,1H3. The molecule has 0 spiro atoms. The molecule has 2 heterocycles. The van der Waals surface area contributed by atoms with Crippen LogP contribution in [0.25, 0.3) is 10.6 Å². The molecule has 5 heteroatoms. The fraction of sp³-hybridized carbons (Fsp3) is 0.417. The first kappa shape index (κ1) is 13.2. The molecule has 0 amide bonds. The summed E-state index contributed by atoms with van der Waals surface area (Å²) in [6.45, 7) is 1.09. The summed E-state index contributed by atoms with van der Waals surface area (Å²) in [5.41, 5.74) is 1.12. The minimum absolute atomic E-state index is 1.09. The third kappa shape index (κ3) is 3.88. The summed E-state index contributed by atoms with van der Waals surface area (Å²) in [6.07, 6.45) is 3.52. The molecule has 0 bridgehead atoms. The third-order valence-corrected chi connectivity index (χ3v) is 5.00. The maximum absolute atomic E-state index is 4.68. The van der Waals surface area contributed by atoms with E-state index in [9.17, 15) is 0 Å². The van der Waals surface area contributed by atoms with Crippen LogP contribution >= 0.6 is 38.6 Å². The molecule has 0 aliphatic heterocycles. The van der Waals surface area contributed by atoms with Crippen molar-refractivity contribution in [2.24, 2.45) is 0 Å². The predicted octanol–water partition coefficient (Wildman–Crippen LogP) is 4.18. The van der Waals surface area contributed by atoms with Crippen LogP contribution in [-0.2, 0) is 6.42 Å². The molecule has 92 valence electrons. The number of halogens is 1. The van der Waals surface area contributed by atoms with Gasteiger partial charge in [-0.15, -0.1) is 22.7 Å². The Morgan fingerprint density at radius 3 is 2.94 bits per heavy atom. The van der Waals surface area contributed by atoms with Crippen molar-refractivity contribution in [3.63, 3.8) is 0 Å². The summed E-state index contributed by atoms with van der Waals surface area (Å²) < 4.78 is 1.16. The van der Waals surface area contributed by atoms with Crippen molar-refractivity contribution < 1.29 is 0 Å². The van der Waals surface area contributed by atoms with Gasteiger partial charge in [0.05, 0.1) is 19.4 Å². The lowest BCUT2D eigenvalue weighted by molar-refractivity contribution is 0.676. The van der Waals surface area contributed by atoms with Gasteiger partial charge in [0.15, 0.2) is 0 Å². The van der Waals surface area contributed by atoms with Gasteiger partial charge in [0.1, 0.15) is 0 Å². The first-order valence-electron chi connectivity index (χ1n) is 5.64. The van der Waals surface area contributed by atoms with Crippen LogP contribution < -0.4 is 5.32 Å². The number of aryl methyl sites for hydroxylation is 1. The molecule has 0 aliphatic carbocycles. The Morgan fingerprint density at radius 1 is 1.35 bits per heavy atom. The second-order valence-corrected chi connectivity index (χ2v) is 7.20. The lowest BCUT2D eigenvalue weighted by Crippen LogP contribution is -2.07. The number of rotatable bonds is 6. The molecule has 2 rings (SSSR count). The molecular formula is C12H15BrN2S2. The summed E-state index contributed by atoms with van der Waals surface area (Å²) in [7, 11) is 2.00. The molecule has 0 unspecified atom stereocenters. The van der Waals surface area contributed by atoms with Crippen LogP contribution in [0.15, 0.2) is 21.3 Å². The van der Waals surface area contributed by atoms with Gasteiger partial charge in [-0.05, 0) is 60.9 Å². The lowest BCUT2D eigenvalue weighted by Gasteiger charge is -1.97. The van der Waals surface area contributed by atoms with Gasteiger partial charge in [-0.25, -0.2) is 4.98 Å². The van der Waals surface area contributed by atoms with E-state index in [2.05, 4.69) is 43.7 Å². The van der Waals surface area contributed by atoms with Gasteiger partial charge in [-0.2, -0.15) is 0 Å². The average Bonchev–Trinajstić information content (AvgIpc) is 2.93. The topological polar surface area (TPSA) is 24.9 Å². The summed E-state index contributed by atoms with van der Waals surface area (Å²) in [6, 6.07) is 4.19. The summed E-state index contributed by atoms with van der Waals surface area (Å²) in [5.74, 6) is 0. The summed E-state index contributed by atoms with van der Waals surface area (Å²) in [4.78, 5) is 5.92. The van der Waals surface area contributed by atoms with E-state index in [0.717, 1.165) is 22.4 Å². The number of hydrogen-bond acceptors (Lipinski definition) is 4. The largest absolute Gasteiger partial charge is 0.320 e. The average molecular weight is 331 g/mol. The van der Waals surface area contributed by atoms with Crippen LogP contribution in [0.5, 0.6) is 0 Å². The molecular weight excluding hydrogens is 316 g/mol. The van der Waals surface area contributed by atoms with Gasteiger partial charge < -0.3 is 5.32 Å². The van der Waals surface area contributed by atoms with Gasteiger partial charge in [0.2, 0.25) is 0 Å². The van der Waals surface area contributed by atoms with Crippen LogP contribution in [0, 0.1) is 0 Å². The van der Waals surface area contributed by atoms with Crippen LogP contribution in [0.3, 0.4) is 0 Å². The molecule has 1 N–H and O–H groups in total. The van der Waals surface area contributed by atoms with Crippen LogP contribution in [0.1, 0.15) is 17.8 Å². The molecule has 17 heavy (non-hydrogen) atoms. The Morgan fingerprint density at radius 2 is 2.24 bits per heavy atom. The van der Waals surface area contributed by atoms with Gasteiger partial charge in [-0.1, -0.05) is 0 Å². The third-order valence-electron chi connectivity index (χ3n) is 2.44. The zero-order valence-electron chi connectivity index (χ0n) is 9.70. The molecule has 0 atom stereocenters. The fourth-order valence-electron chi connectivity index (χ4n) is 1.57. The number of thiazole rings is 1. The molecule has 0 aliphatic rings. The fourth-order valence-corrected chi connectivity index (χ4v) is 3.83. The zero-order chi connectivity index (χ0) is 12.1. The summed E-state index contributed by atoms with van der Waals surface area (Å²) >= 11 is 6.99. The van der Waals surface area contributed by atoms with Crippen LogP contribution in [0.2, 0.25) is 0 Å². The van der Waals surface area contributed by atoms with E-state index in [1.54, 1.807) is 22.7 Å². The SMILES string of the molecule is CNCCCCc1nc(-c2ccc(Br)s2)cs1. The highest BCUT2D eigenvalue weighted by molar-refractivity contribution is 9.11. The zero-order valence-corrected chi connectivity index (χ0v) is 12.9. The molecule has 0 aromatic carbocycles. The summed E-state index contributed by atoms with van der Waals surface area (Å²) in [5, 5.41) is 6.58. The van der Waals surface area contributed by atoms with E-state index in [1.165, 1.54) is 22.7 Å². The second kappa shape index (κ2) is 6.64. The van der Waals surface area contributed by atoms with Crippen LogP contribution in [0.4, 0.5) is 0 Å². The molecule has 2 nitrogen and oxygen atoms in total. The van der Waals surface area contributed by atoms with E-state index >= 15 is 0 Å². The number of thiophene rings is 1. The van der Waals surface area contributed by atoms with E-state index in [1.807, 2.05) is 7.05 Å². The number of unbranched alkanes of at least 4 members (excludes halogenated alkanes) is 1. The second-order valence-electron chi connectivity index (χ2n) is 3.79. The van der Waals surface area contributed by atoms with Crippen molar-refractivity contribution in [3.05, 3.63) is 26.3 Å². The van der Waals surface area contributed by atoms with E-state index in [0.29, 0.717) is 0 Å². The van der Waals surface area contributed by atoms with Crippen molar-refractivity contribution in [1.82, 2.24) is 10.3 Å². The highest BCUT2D eigenvalue weighted by Crippen LogP contribution is 2.32. The van der Waals surface area contributed by atoms with Crippen LogP contribution in [-0.4, -0.2) is 18.6 Å². The molecule has 0 fully saturated rings. The Kier molecular flexibility index (Phi) is 5.16. The lowest BCUT2D eigenvalue weighted by atomic mass is 10.2. The van der Waals surface area contributed by atoms with Gasteiger partial charge in [0, 0.05) is 5.38 Å². The monoisotopic (exact) mass is 330 g/mol. The number of hydrogen-bond donors (Lipinski definition) is 1. The van der Waals surface area contributed by atoms with Crippen molar-refractivity contribution in [1.29, 1.82) is 0 Å². The number of aromatic nitrogens is 1. The molecule has 0 saturated carbocycles. The normalized spacial score (nSPS) is 10.9. The van der Waals surface area contributed by atoms with Crippen molar-refractivity contribution in [3.8, 4) is 10.6 Å². The predicted molar refractivity (Wildman–Crippen MR) is 80.0 cm³/mol. The first-order valence-corrected chi connectivity index (χ1v) is 8.13. The minimum atomic E-state index is 1.09. The Balaban J connectivity index is 1.92. The molecule has 2 aromatic heterocycles. The maximum atomic E-state index is 4.68. The highest BCUT2D eigenvalue weighted by atomic mass is 79.9. The van der Waals surface area contributed by atoms with Gasteiger partial charge in [-0.3, -0.25) is 0 Å². The van der Waals surface area contributed by atoms with Gasteiger partial charge in [0.25, 0.3) is 0 Å². The van der Waals surface area contributed by atoms with E-state index in [4.69, 9.17) is 0 Å². The van der Waals surface area contributed by atoms with E-state index in [-0.39, 0.29) is 0 Å². The molecule has 0 saturated heterocycles. The van der Waals surface area contributed by atoms with E-state index < -0.39 is 0 Å². The highest BCUT2D eigenvalue weighted by Gasteiger charge is 2.06. The van der Waals surface area contributed by atoms with Gasteiger partial charge >= 0.3 is 0 Å². The Bertz CT molecular complexity index is 465. The molecule has 0 radical (unpaired) electrons. The molecule has 2 aromatic rings.